The molecular weight excluding hydrogens is 168 g/mol. The summed E-state index contributed by atoms with van der Waals surface area (Å²) < 4.78 is 5.28. The van der Waals surface area contributed by atoms with Gasteiger partial charge in [0, 0.05) is 13.2 Å². The fourth-order valence-corrected chi connectivity index (χ4v) is 2.44. The zero-order chi connectivity index (χ0) is 9.26. The molecule has 0 aromatic heterocycles. The summed E-state index contributed by atoms with van der Waals surface area (Å²) in [4.78, 5) is 10.6. The van der Waals surface area contributed by atoms with Gasteiger partial charge in [-0.25, -0.2) is 0 Å². The van der Waals surface area contributed by atoms with Crippen LogP contribution in [0, 0.1) is 17.8 Å². The second-order valence-corrected chi connectivity index (χ2v) is 4.22. The SMILES string of the molecule is O=C(O)C1CC(C2CCOCC2)C1. The third-order valence-corrected chi connectivity index (χ3v) is 3.46. The second kappa shape index (κ2) is 3.66. The molecule has 3 heteroatoms. The Labute approximate surface area is 78.1 Å². The smallest absolute Gasteiger partial charge is 0.306 e. The molecule has 0 bridgehead atoms. The number of hydrogen-bond acceptors (Lipinski definition) is 2. The Hall–Kier alpha value is -0.570. The van der Waals surface area contributed by atoms with Gasteiger partial charge in [-0.1, -0.05) is 0 Å². The third kappa shape index (κ3) is 1.85. The first-order valence-corrected chi connectivity index (χ1v) is 5.08. The molecule has 1 N–H and O–H groups in total. The first-order valence-electron chi connectivity index (χ1n) is 5.08. The van der Waals surface area contributed by atoms with E-state index >= 15 is 0 Å². The fourth-order valence-electron chi connectivity index (χ4n) is 2.44. The zero-order valence-electron chi connectivity index (χ0n) is 7.74. The molecule has 0 atom stereocenters. The van der Waals surface area contributed by atoms with Crippen molar-refractivity contribution in [2.75, 3.05) is 13.2 Å². The molecule has 2 aliphatic rings. The Kier molecular flexibility index (Phi) is 2.54. The largest absolute Gasteiger partial charge is 0.481 e. The Morgan fingerprint density at radius 3 is 2.31 bits per heavy atom. The van der Waals surface area contributed by atoms with Gasteiger partial charge in [-0.2, -0.15) is 0 Å². The summed E-state index contributed by atoms with van der Waals surface area (Å²) in [6.45, 7) is 1.75. The van der Waals surface area contributed by atoms with Gasteiger partial charge in [0.2, 0.25) is 0 Å². The van der Waals surface area contributed by atoms with Gasteiger partial charge in [-0.05, 0) is 37.5 Å². The highest BCUT2D eigenvalue weighted by atomic mass is 16.5. The molecule has 0 radical (unpaired) electrons. The number of carboxylic acid groups (broad SMARTS) is 1. The monoisotopic (exact) mass is 184 g/mol. The normalized spacial score (nSPS) is 35.4. The molecule has 3 nitrogen and oxygen atoms in total. The highest BCUT2D eigenvalue weighted by molar-refractivity contribution is 5.71. The summed E-state index contributed by atoms with van der Waals surface area (Å²) in [7, 11) is 0. The molecular formula is C10H16O3. The quantitative estimate of drug-likeness (QED) is 0.707. The van der Waals surface area contributed by atoms with E-state index < -0.39 is 5.97 Å². The summed E-state index contributed by atoms with van der Waals surface area (Å²) in [5.41, 5.74) is 0. The molecule has 1 saturated heterocycles. The molecule has 2 rings (SSSR count). The molecule has 1 aliphatic carbocycles. The van der Waals surface area contributed by atoms with Gasteiger partial charge >= 0.3 is 5.97 Å². The molecule has 0 aromatic rings. The van der Waals surface area contributed by atoms with E-state index in [9.17, 15) is 4.79 Å². The molecule has 0 amide bonds. The summed E-state index contributed by atoms with van der Waals surface area (Å²) in [5, 5.41) is 8.72. The Bertz CT molecular complexity index is 190. The molecule has 2 fully saturated rings. The summed E-state index contributed by atoms with van der Waals surface area (Å²) in [5.74, 6) is 0.755. The molecule has 0 unspecified atom stereocenters. The Morgan fingerprint density at radius 1 is 1.15 bits per heavy atom. The number of rotatable bonds is 2. The maximum Gasteiger partial charge on any atom is 0.306 e. The molecule has 13 heavy (non-hydrogen) atoms. The average molecular weight is 184 g/mol. The van der Waals surface area contributed by atoms with E-state index in [0.29, 0.717) is 5.92 Å². The van der Waals surface area contributed by atoms with Gasteiger partial charge < -0.3 is 9.84 Å². The number of hydrogen-bond donors (Lipinski definition) is 1. The predicted octanol–water partition coefficient (Wildman–Crippen LogP) is 1.52. The van der Waals surface area contributed by atoms with Gasteiger partial charge in [-0.3, -0.25) is 4.79 Å². The van der Waals surface area contributed by atoms with Crippen molar-refractivity contribution >= 4 is 5.97 Å². The lowest BCUT2D eigenvalue weighted by Gasteiger charge is -2.39. The topological polar surface area (TPSA) is 46.5 Å². The van der Waals surface area contributed by atoms with Crippen molar-refractivity contribution < 1.29 is 14.6 Å². The van der Waals surface area contributed by atoms with Crippen molar-refractivity contribution in [3.8, 4) is 0 Å². The number of aliphatic carboxylic acids is 1. The molecule has 74 valence electrons. The Morgan fingerprint density at radius 2 is 1.77 bits per heavy atom. The van der Waals surface area contributed by atoms with Crippen LogP contribution in [-0.4, -0.2) is 24.3 Å². The van der Waals surface area contributed by atoms with E-state index in [1.54, 1.807) is 0 Å². The zero-order valence-corrected chi connectivity index (χ0v) is 7.74. The van der Waals surface area contributed by atoms with E-state index in [0.717, 1.165) is 44.8 Å². The second-order valence-electron chi connectivity index (χ2n) is 4.22. The summed E-state index contributed by atoms with van der Waals surface area (Å²) in [6.07, 6.45) is 4.08. The fraction of sp³-hybridized carbons (Fsp3) is 0.900. The van der Waals surface area contributed by atoms with E-state index in [1.165, 1.54) is 0 Å². The van der Waals surface area contributed by atoms with Crippen LogP contribution in [0.3, 0.4) is 0 Å². The van der Waals surface area contributed by atoms with E-state index in [1.807, 2.05) is 0 Å². The first kappa shape index (κ1) is 9.00. The third-order valence-electron chi connectivity index (χ3n) is 3.46. The van der Waals surface area contributed by atoms with E-state index in [2.05, 4.69) is 0 Å². The number of carbonyl (C=O) groups is 1. The maximum atomic E-state index is 10.6. The van der Waals surface area contributed by atoms with E-state index in [4.69, 9.17) is 9.84 Å². The van der Waals surface area contributed by atoms with Crippen LogP contribution in [0.2, 0.25) is 0 Å². The van der Waals surface area contributed by atoms with Crippen molar-refractivity contribution in [1.29, 1.82) is 0 Å². The van der Waals surface area contributed by atoms with Crippen LogP contribution in [0.4, 0.5) is 0 Å². The molecule has 1 aliphatic heterocycles. The van der Waals surface area contributed by atoms with E-state index in [-0.39, 0.29) is 5.92 Å². The highest BCUT2D eigenvalue weighted by Gasteiger charge is 2.39. The molecule has 0 spiro atoms. The molecule has 1 heterocycles. The van der Waals surface area contributed by atoms with Crippen LogP contribution >= 0.6 is 0 Å². The Balaban J connectivity index is 1.75. The van der Waals surface area contributed by atoms with Gasteiger partial charge in [0.25, 0.3) is 0 Å². The average Bonchev–Trinajstić information content (AvgIpc) is 2.02. The van der Waals surface area contributed by atoms with Crippen LogP contribution in [0.25, 0.3) is 0 Å². The lowest BCUT2D eigenvalue weighted by molar-refractivity contribution is -0.147. The highest BCUT2D eigenvalue weighted by Crippen LogP contribution is 2.42. The van der Waals surface area contributed by atoms with Crippen LogP contribution in [0.15, 0.2) is 0 Å². The van der Waals surface area contributed by atoms with Gasteiger partial charge in [0.05, 0.1) is 5.92 Å². The van der Waals surface area contributed by atoms with Gasteiger partial charge in [0.15, 0.2) is 0 Å². The molecule has 1 saturated carbocycles. The van der Waals surface area contributed by atoms with Crippen molar-refractivity contribution in [3.05, 3.63) is 0 Å². The minimum absolute atomic E-state index is 0.0483. The first-order chi connectivity index (χ1) is 6.27. The van der Waals surface area contributed by atoms with Crippen molar-refractivity contribution in [3.63, 3.8) is 0 Å². The van der Waals surface area contributed by atoms with Crippen molar-refractivity contribution in [2.24, 2.45) is 17.8 Å². The molecule has 0 aromatic carbocycles. The van der Waals surface area contributed by atoms with Crippen molar-refractivity contribution in [1.82, 2.24) is 0 Å². The maximum absolute atomic E-state index is 10.6. The number of ether oxygens (including phenoxy) is 1. The standard InChI is InChI=1S/C10H16O3/c11-10(12)9-5-8(6-9)7-1-3-13-4-2-7/h7-9H,1-6H2,(H,11,12). The summed E-state index contributed by atoms with van der Waals surface area (Å²) in [6, 6.07) is 0. The van der Waals surface area contributed by atoms with Gasteiger partial charge in [0.1, 0.15) is 0 Å². The van der Waals surface area contributed by atoms with Crippen LogP contribution < -0.4 is 0 Å². The van der Waals surface area contributed by atoms with Crippen LogP contribution in [-0.2, 0) is 9.53 Å². The van der Waals surface area contributed by atoms with Crippen molar-refractivity contribution in [2.45, 2.75) is 25.7 Å². The predicted molar refractivity (Wildman–Crippen MR) is 47.4 cm³/mol. The van der Waals surface area contributed by atoms with Gasteiger partial charge in [-0.15, -0.1) is 0 Å². The van der Waals surface area contributed by atoms with Crippen LogP contribution in [0.1, 0.15) is 25.7 Å². The summed E-state index contributed by atoms with van der Waals surface area (Å²) >= 11 is 0. The lowest BCUT2D eigenvalue weighted by Crippen LogP contribution is -2.37. The number of carboxylic acids is 1. The van der Waals surface area contributed by atoms with Crippen LogP contribution in [0.5, 0.6) is 0 Å². The minimum atomic E-state index is -0.608. The minimum Gasteiger partial charge on any atom is -0.481 e. The lowest BCUT2D eigenvalue weighted by atomic mass is 9.66.